The number of hydrogen-bond acceptors (Lipinski definition) is 3. The van der Waals surface area contributed by atoms with Crippen LogP contribution in [0.25, 0.3) is 0 Å². The van der Waals surface area contributed by atoms with E-state index in [0.29, 0.717) is 0 Å². The van der Waals surface area contributed by atoms with Crippen LogP contribution in [-0.2, 0) is 13.1 Å². The minimum atomic E-state index is 0.726. The average Bonchev–Trinajstić information content (AvgIpc) is 2.55. The van der Waals surface area contributed by atoms with Gasteiger partial charge in [-0.1, -0.05) is 28.1 Å². The third-order valence-corrected chi connectivity index (χ3v) is 5.38. The number of piperidine rings is 1. The summed E-state index contributed by atoms with van der Waals surface area (Å²) in [4.78, 5) is 9.36. The highest BCUT2D eigenvalue weighted by Crippen LogP contribution is 2.34. The van der Waals surface area contributed by atoms with Crippen LogP contribution < -0.4 is 0 Å². The first-order valence-corrected chi connectivity index (χ1v) is 8.69. The Balaban J connectivity index is 1.35. The van der Waals surface area contributed by atoms with Crippen LogP contribution in [0.1, 0.15) is 17.5 Å². The predicted molar refractivity (Wildman–Crippen MR) is 91.4 cm³/mol. The highest BCUT2D eigenvalue weighted by atomic mass is 79.9. The number of aromatic nitrogens is 1. The summed E-state index contributed by atoms with van der Waals surface area (Å²) < 4.78 is 1.16. The number of piperazine rings is 1. The van der Waals surface area contributed by atoms with Crippen molar-refractivity contribution in [3.8, 4) is 0 Å². The molecular formula is C18H20BrN3. The summed E-state index contributed by atoms with van der Waals surface area (Å²) in [5.74, 6) is 0. The van der Waals surface area contributed by atoms with Crippen LogP contribution in [0.2, 0.25) is 0 Å². The number of hydrogen-bond donors (Lipinski definition) is 0. The van der Waals surface area contributed by atoms with Crippen molar-refractivity contribution >= 4 is 15.9 Å². The second-order valence-electron chi connectivity index (χ2n) is 6.39. The topological polar surface area (TPSA) is 19.4 Å². The van der Waals surface area contributed by atoms with E-state index in [1.54, 1.807) is 0 Å². The maximum absolute atomic E-state index is 4.10. The Morgan fingerprint density at radius 2 is 1.55 bits per heavy atom. The zero-order valence-corrected chi connectivity index (χ0v) is 14.1. The molecule has 2 aromatic rings. The third kappa shape index (κ3) is 2.96. The molecule has 0 amide bonds. The SMILES string of the molecule is Brc1ccc(CN2C3CC2CN(Cc2ccncc2)C3)cc1. The smallest absolute Gasteiger partial charge is 0.0271 e. The normalized spacial score (nSPS) is 25.0. The van der Waals surface area contributed by atoms with Gasteiger partial charge >= 0.3 is 0 Å². The molecule has 4 heteroatoms. The first-order valence-electron chi connectivity index (χ1n) is 7.89. The van der Waals surface area contributed by atoms with E-state index >= 15 is 0 Å². The highest BCUT2D eigenvalue weighted by molar-refractivity contribution is 9.10. The van der Waals surface area contributed by atoms with Crippen molar-refractivity contribution in [2.24, 2.45) is 0 Å². The monoisotopic (exact) mass is 357 g/mol. The van der Waals surface area contributed by atoms with E-state index in [1.807, 2.05) is 12.4 Å². The Hall–Kier alpha value is -1.23. The summed E-state index contributed by atoms with van der Waals surface area (Å²) >= 11 is 3.51. The second-order valence-corrected chi connectivity index (χ2v) is 7.31. The summed E-state index contributed by atoms with van der Waals surface area (Å²) in [5.41, 5.74) is 2.79. The van der Waals surface area contributed by atoms with E-state index < -0.39 is 0 Å². The third-order valence-electron chi connectivity index (χ3n) is 4.85. The van der Waals surface area contributed by atoms with Gasteiger partial charge in [-0.2, -0.15) is 0 Å². The molecule has 0 saturated carbocycles. The molecule has 22 heavy (non-hydrogen) atoms. The molecule has 2 unspecified atom stereocenters. The van der Waals surface area contributed by atoms with Gasteiger partial charge in [-0.3, -0.25) is 14.8 Å². The summed E-state index contributed by atoms with van der Waals surface area (Å²) in [6.07, 6.45) is 5.14. The summed E-state index contributed by atoms with van der Waals surface area (Å²) in [6.45, 7) is 4.53. The molecule has 114 valence electrons. The van der Waals surface area contributed by atoms with Gasteiger partial charge in [0.15, 0.2) is 0 Å². The molecule has 3 aliphatic rings. The highest BCUT2D eigenvalue weighted by Gasteiger charge is 2.43. The van der Waals surface area contributed by atoms with Crippen molar-refractivity contribution < 1.29 is 0 Å². The molecule has 4 heterocycles. The van der Waals surface area contributed by atoms with Gasteiger partial charge in [0.25, 0.3) is 0 Å². The van der Waals surface area contributed by atoms with Gasteiger partial charge in [-0.05, 0) is 41.8 Å². The zero-order valence-electron chi connectivity index (χ0n) is 12.5. The molecule has 3 saturated heterocycles. The van der Waals surface area contributed by atoms with E-state index in [9.17, 15) is 0 Å². The van der Waals surface area contributed by atoms with E-state index in [0.717, 1.165) is 29.6 Å². The number of nitrogens with zero attached hydrogens (tertiary/aromatic N) is 3. The molecule has 0 N–H and O–H groups in total. The Labute approximate surface area is 140 Å². The van der Waals surface area contributed by atoms with Gasteiger partial charge in [0, 0.05) is 55.1 Å². The van der Waals surface area contributed by atoms with Crippen LogP contribution in [0.5, 0.6) is 0 Å². The molecule has 5 rings (SSSR count). The van der Waals surface area contributed by atoms with E-state index in [-0.39, 0.29) is 0 Å². The summed E-state index contributed by atoms with van der Waals surface area (Å²) in [5, 5.41) is 0. The summed E-state index contributed by atoms with van der Waals surface area (Å²) in [6, 6.07) is 14.4. The largest absolute Gasteiger partial charge is 0.296 e. The van der Waals surface area contributed by atoms with Crippen molar-refractivity contribution in [2.75, 3.05) is 13.1 Å². The maximum atomic E-state index is 4.10. The van der Waals surface area contributed by atoms with Gasteiger partial charge in [-0.25, -0.2) is 0 Å². The van der Waals surface area contributed by atoms with Crippen LogP contribution in [0, 0.1) is 0 Å². The van der Waals surface area contributed by atoms with Crippen LogP contribution >= 0.6 is 15.9 Å². The van der Waals surface area contributed by atoms with Crippen molar-refractivity contribution in [3.05, 3.63) is 64.4 Å². The lowest BCUT2D eigenvalue weighted by molar-refractivity contribution is -0.0774. The quantitative estimate of drug-likeness (QED) is 0.836. The minimum absolute atomic E-state index is 0.726. The molecule has 3 aliphatic heterocycles. The predicted octanol–water partition coefficient (Wildman–Crippen LogP) is 3.30. The average molecular weight is 358 g/mol. The Morgan fingerprint density at radius 3 is 2.23 bits per heavy atom. The lowest BCUT2D eigenvalue weighted by Gasteiger charge is -2.56. The summed E-state index contributed by atoms with van der Waals surface area (Å²) in [7, 11) is 0. The molecule has 2 bridgehead atoms. The zero-order chi connectivity index (χ0) is 14.9. The number of benzene rings is 1. The Kier molecular flexibility index (Phi) is 3.99. The van der Waals surface area contributed by atoms with Crippen LogP contribution in [0.3, 0.4) is 0 Å². The lowest BCUT2D eigenvalue weighted by Crippen LogP contribution is -2.67. The van der Waals surface area contributed by atoms with Gasteiger partial charge in [-0.15, -0.1) is 0 Å². The van der Waals surface area contributed by atoms with Gasteiger partial charge in [0.1, 0.15) is 0 Å². The molecule has 3 fully saturated rings. The van der Waals surface area contributed by atoms with Crippen LogP contribution in [0.4, 0.5) is 0 Å². The van der Waals surface area contributed by atoms with Gasteiger partial charge in [0.2, 0.25) is 0 Å². The van der Waals surface area contributed by atoms with Crippen LogP contribution in [-0.4, -0.2) is 40.0 Å². The fourth-order valence-electron chi connectivity index (χ4n) is 3.71. The van der Waals surface area contributed by atoms with Crippen molar-refractivity contribution in [2.45, 2.75) is 31.6 Å². The Bertz CT molecular complexity index is 617. The first kappa shape index (κ1) is 14.4. The molecule has 2 atom stereocenters. The molecule has 0 radical (unpaired) electrons. The number of rotatable bonds is 4. The van der Waals surface area contributed by atoms with Gasteiger partial charge in [0.05, 0.1) is 0 Å². The fourth-order valence-corrected chi connectivity index (χ4v) is 3.97. The van der Waals surface area contributed by atoms with Crippen LogP contribution in [0.15, 0.2) is 53.3 Å². The first-order chi connectivity index (χ1) is 10.8. The Morgan fingerprint density at radius 1 is 0.909 bits per heavy atom. The standard InChI is InChI=1S/C18H20BrN3/c19-16-3-1-14(2-4-16)11-22-17-9-18(22)13-21(12-17)10-15-5-7-20-8-6-15/h1-8,17-18H,9-13H2. The molecule has 0 spiro atoms. The minimum Gasteiger partial charge on any atom is -0.296 e. The molecule has 1 aromatic heterocycles. The molecule has 3 nitrogen and oxygen atoms in total. The van der Waals surface area contributed by atoms with Crippen molar-refractivity contribution in [1.29, 1.82) is 0 Å². The van der Waals surface area contributed by atoms with Crippen molar-refractivity contribution in [3.63, 3.8) is 0 Å². The van der Waals surface area contributed by atoms with E-state index in [2.05, 4.69) is 67.1 Å². The molecule has 0 aliphatic carbocycles. The number of fused-ring (bicyclic) bond motifs is 2. The van der Waals surface area contributed by atoms with E-state index in [4.69, 9.17) is 0 Å². The number of halogens is 1. The lowest BCUT2D eigenvalue weighted by atomic mass is 9.86. The molecular weight excluding hydrogens is 338 g/mol. The number of pyridine rings is 1. The fraction of sp³-hybridized carbons (Fsp3) is 0.389. The van der Waals surface area contributed by atoms with E-state index in [1.165, 1.54) is 30.6 Å². The van der Waals surface area contributed by atoms with Gasteiger partial charge < -0.3 is 0 Å². The second kappa shape index (κ2) is 6.11. The van der Waals surface area contributed by atoms with Crippen molar-refractivity contribution in [1.82, 2.24) is 14.8 Å². The molecule has 1 aromatic carbocycles. The maximum Gasteiger partial charge on any atom is 0.0271 e.